The molecule has 0 radical (unpaired) electrons. The van der Waals surface area contributed by atoms with Gasteiger partial charge in [0, 0.05) is 5.69 Å². The zero-order valence-corrected chi connectivity index (χ0v) is 9.08. The van der Waals surface area contributed by atoms with Crippen molar-refractivity contribution in [3.8, 4) is 5.75 Å². The molecule has 1 atom stereocenters. The fourth-order valence-corrected chi connectivity index (χ4v) is 1.68. The van der Waals surface area contributed by atoms with Crippen LogP contribution in [0.3, 0.4) is 0 Å². The number of carbonyl (C=O) groups is 2. The van der Waals surface area contributed by atoms with Crippen molar-refractivity contribution >= 4 is 17.7 Å². The van der Waals surface area contributed by atoms with Gasteiger partial charge in [-0.05, 0) is 31.2 Å². The van der Waals surface area contributed by atoms with E-state index in [1.807, 2.05) is 0 Å². The van der Waals surface area contributed by atoms with Crippen LogP contribution in [0.2, 0.25) is 0 Å². The van der Waals surface area contributed by atoms with Crippen LogP contribution in [0.15, 0.2) is 24.3 Å². The Morgan fingerprint density at radius 3 is 2.53 bits per heavy atom. The smallest absolute Gasteiger partial charge is 0.415 e. The topological polar surface area (TPSA) is 87.1 Å². The van der Waals surface area contributed by atoms with Gasteiger partial charge in [0.2, 0.25) is 0 Å². The standard InChI is InChI=1S/C11H11NO5/c1-11(9(14)15)6-17-10(16)12(11)7-2-4-8(13)5-3-7/h2-5,13H,6H2,1H3,(H,14,15). The lowest BCUT2D eigenvalue weighted by molar-refractivity contribution is -0.142. The molecule has 90 valence electrons. The number of cyclic esters (lactones) is 1. The Labute approximate surface area is 97.0 Å². The number of aromatic hydroxyl groups is 1. The highest BCUT2D eigenvalue weighted by Gasteiger charge is 2.50. The zero-order valence-electron chi connectivity index (χ0n) is 9.08. The van der Waals surface area contributed by atoms with Gasteiger partial charge in [-0.2, -0.15) is 0 Å². The summed E-state index contributed by atoms with van der Waals surface area (Å²) in [5.41, 5.74) is -1.05. The highest BCUT2D eigenvalue weighted by atomic mass is 16.6. The molecule has 1 aliphatic rings. The number of hydrogen-bond donors (Lipinski definition) is 2. The molecule has 1 heterocycles. The molecule has 0 aromatic heterocycles. The molecule has 1 unspecified atom stereocenters. The van der Waals surface area contributed by atoms with Gasteiger partial charge in [-0.25, -0.2) is 9.59 Å². The molecular weight excluding hydrogens is 226 g/mol. The number of ether oxygens (including phenoxy) is 1. The van der Waals surface area contributed by atoms with E-state index in [1.54, 1.807) is 0 Å². The Balaban J connectivity index is 2.44. The van der Waals surface area contributed by atoms with Crippen LogP contribution in [0.5, 0.6) is 5.75 Å². The molecule has 1 fully saturated rings. The van der Waals surface area contributed by atoms with Gasteiger partial charge < -0.3 is 14.9 Å². The third-order valence-corrected chi connectivity index (χ3v) is 2.72. The molecule has 6 heteroatoms. The van der Waals surface area contributed by atoms with E-state index in [2.05, 4.69) is 0 Å². The minimum atomic E-state index is -1.42. The predicted octanol–water partition coefficient (Wildman–Crippen LogP) is 1.19. The Morgan fingerprint density at radius 1 is 1.41 bits per heavy atom. The summed E-state index contributed by atoms with van der Waals surface area (Å²) in [5, 5.41) is 18.3. The summed E-state index contributed by atoms with van der Waals surface area (Å²) in [7, 11) is 0. The molecule has 1 amide bonds. The highest BCUT2D eigenvalue weighted by molar-refractivity contribution is 6.00. The SMILES string of the molecule is CC1(C(=O)O)COC(=O)N1c1ccc(O)cc1. The number of carboxylic acids is 1. The number of anilines is 1. The van der Waals surface area contributed by atoms with Crippen molar-refractivity contribution in [1.82, 2.24) is 0 Å². The zero-order chi connectivity index (χ0) is 12.6. The summed E-state index contributed by atoms with van der Waals surface area (Å²) in [6.07, 6.45) is -0.708. The van der Waals surface area contributed by atoms with Crippen LogP contribution in [-0.4, -0.2) is 34.4 Å². The number of carbonyl (C=O) groups excluding carboxylic acids is 1. The lowest BCUT2D eigenvalue weighted by atomic mass is 10.0. The Bertz CT molecular complexity index is 469. The second kappa shape index (κ2) is 3.65. The van der Waals surface area contributed by atoms with Crippen molar-refractivity contribution in [2.24, 2.45) is 0 Å². The number of amides is 1. The first-order valence-corrected chi connectivity index (χ1v) is 4.94. The van der Waals surface area contributed by atoms with E-state index in [0.29, 0.717) is 5.69 Å². The Morgan fingerprint density at radius 2 is 2.00 bits per heavy atom. The molecule has 0 bridgehead atoms. The Hall–Kier alpha value is -2.24. The molecule has 0 saturated carbocycles. The fraction of sp³-hybridized carbons (Fsp3) is 0.273. The van der Waals surface area contributed by atoms with Crippen LogP contribution in [0.25, 0.3) is 0 Å². The first-order chi connectivity index (χ1) is 7.95. The third-order valence-electron chi connectivity index (χ3n) is 2.72. The maximum Gasteiger partial charge on any atom is 0.415 e. The van der Waals surface area contributed by atoms with E-state index in [4.69, 9.17) is 14.9 Å². The third kappa shape index (κ3) is 1.67. The van der Waals surface area contributed by atoms with Gasteiger partial charge in [0.25, 0.3) is 0 Å². The fourth-order valence-electron chi connectivity index (χ4n) is 1.68. The van der Waals surface area contributed by atoms with Crippen molar-refractivity contribution in [1.29, 1.82) is 0 Å². The number of hydrogen-bond acceptors (Lipinski definition) is 4. The molecule has 1 saturated heterocycles. The van der Waals surface area contributed by atoms with Crippen LogP contribution in [-0.2, 0) is 9.53 Å². The number of nitrogens with zero attached hydrogens (tertiary/aromatic N) is 1. The summed E-state index contributed by atoms with van der Waals surface area (Å²) >= 11 is 0. The second-order valence-electron chi connectivity index (χ2n) is 3.99. The minimum absolute atomic E-state index is 0.0401. The largest absolute Gasteiger partial charge is 0.508 e. The van der Waals surface area contributed by atoms with E-state index >= 15 is 0 Å². The molecule has 1 aliphatic heterocycles. The summed E-state index contributed by atoms with van der Waals surface area (Å²) in [6.45, 7) is 1.20. The normalized spacial score (nSPS) is 23.6. The molecule has 0 aliphatic carbocycles. The van der Waals surface area contributed by atoms with Crippen molar-refractivity contribution in [2.45, 2.75) is 12.5 Å². The van der Waals surface area contributed by atoms with Gasteiger partial charge in [0.1, 0.15) is 12.4 Å². The van der Waals surface area contributed by atoms with Crippen LogP contribution in [0, 0.1) is 0 Å². The van der Waals surface area contributed by atoms with Crippen LogP contribution in [0.4, 0.5) is 10.5 Å². The lowest BCUT2D eigenvalue weighted by Crippen LogP contribution is -2.51. The van der Waals surface area contributed by atoms with Gasteiger partial charge >= 0.3 is 12.1 Å². The molecule has 2 N–H and O–H groups in total. The first-order valence-electron chi connectivity index (χ1n) is 4.94. The monoisotopic (exact) mass is 237 g/mol. The summed E-state index contributed by atoms with van der Waals surface area (Å²) in [5.74, 6) is -1.10. The number of carboxylic acid groups (broad SMARTS) is 1. The number of phenolic OH excluding ortho intramolecular Hbond substituents is 1. The van der Waals surface area contributed by atoms with E-state index in [0.717, 1.165) is 4.90 Å². The molecule has 17 heavy (non-hydrogen) atoms. The molecule has 2 rings (SSSR count). The second-order valence-corrected chi connectivity index (χ2v) is 3.99. The van der Waals surface area contributed by atoms with Crippen molar-refractivity contribution in [2.75, 3.05) is 11.5 Å². The summed E-state index contributed by atoms with van der Waals surface area (Å²) in [6, 6.07) is 5.68. The van der Waals surface area contributed by atoms with Gasteiger partial charge in [-0.1, -0.05) is 0 Å². The van der Waals surface area contributed by atoms with Gasteiger partial charge in [0.05, 0.1) is 0 Å². The quantitative estimate of drug-likeness (QED) is 0.806. The minimum Gasteiger partial charge on any atom is -0.508 e. The van der Waals surface area contributed by atoms with Crippen LogP contribution < -0.4 is 4.90 Å². The lowest BCUT2D eigenvalue weighted by Gasteiger charge is -2.27. The van der Waals surface area contributed by atoms with Gasteiger partial charge in [-0.3, -0.25) is 4.90 Å². The molecule has 0 spiro atoms. The number of aliphatic carboxylic acids is 1. The molecule has 1 aromatic carbocycles. The Kier molecular flexibility index (Phi) is 2.42. The number of benzene rings is 1. The number of rotatable bonds is 2. The maximum atomic E-state index is 11.6. The van der Waals surface area contributed by atoms with E-state index in [9.17, 15) is 9.59 Å². The predicted molar refractivity (Wildman–Crippen MR) is 58.0 cm³/mol. The molecular formula is C11H11NO5. The maximum absolute atomic E-state index is 11.6. The van der Waals surface area contributed by atoms with Gasteiger partial charge in [0.15, 0.2) is 5.54 Å². The van der Waals surface area contributed by atoms with Crippen molar-refractivity contribution < 1.29 is 24.5 Å². The van der Waals surface area contributed by atoms with Crippen LogP contribution in [0.1, 0.15) is 6.92 Å². The average molecular weight is 237 g/mol. The van der Waals surface area contributed by atoms with E-state index in [1.165, 1.54) is 31.2 Å². The van der Waals surface area contributed by atoms with Crippen molar-refractivity contribution in [3.63, 3.8) is 0 Å². The van der Waals surface area contributed by atoms with E-state index in [-0.39, 0.29) is 12.4 Å². The van der Waals surface area contributed by atoms with Crippen molar-refractivity contribution in [3.05, 3.63) is 24.3 Å². The highest BCUT2D eigenvalue weighted by Crippen LogP contribution is 2.31. The first kappa shape index (κ1) is 11.3. The molecule has 6 nitrogen and oxygen atoms in total. The average Bonchev–Trinajstić information content (AvgIpc) is 2.58. The number of phenols is 1. The van der Waals surface area contributed by atoms with Gasteiger partial charge in [-0.15, -0.1) is 0 Å². The van der Waals surface area contributed by atoms with E-state index < -0.39 is 17.6 Å². The molecule has 1 aromatic rings. The van der Waals surface area contributed by atoms with Crippen LogP contribution >= 0.6 is 0 Å². The summed E-state index contributed by atoms with van der Waals surface area (Å²) in [4.78, 5) is 23.8. The summed E-state index contributed by atoms with van der Waals surface area (Å²) < 4.78 is 4.77.